The van der Waals surface area contributed by atoms with Gasteiger partial charge in [-0.2, -0.15) is 0 Å². The molecule has 1 fully saturated rings. The summed E-state index contributed by atoms with van der Waals surface area (Å²) in [6.07, 6.45) is 6.66. The Balaban J connectivity index is 2.03. The van der Waals surface area contributed by atoms with Crippen molar-refractivity contribution in [2.75, 3.05) is 6.54 Å². The van der Waals surface area contributed by atoms with Gasteiger partial charge in [-0.25, -0.2) is 9.97 Å². The molecule has 0 amide bonds. The summed E-state index contributed by atoms with van der Waals surface area (Å²) in [5, 5.41) is 0. The number of rotatable bonds is 2. The zero-order chi connectivity index (χ0) is 11.8. The molecular weight excluding hydrogens is 212 g/mol. The van der Waals surface area contributed by atoms with Gasteiger partial charge in [0, 0.05) is 18.8 Å². The quantitative estimate of drug-likeness (QED) is 0.794. The predicted molar refractivity (Wildman–Crippen MR) is 67.6 cm³/mol. The van der Waals surface area contributed by atoms with Gasteiger partial charge in [-0.15, -0.1) is 0 Å². The summed E-state index contributed by atoms with van der Waals surface area (Å²) >= 11 is 0. The summed E-state index contributed by atoms with van der Waals surface area (Å²) < 4.78 is 2.22. The van der Waals surface area contributed by atoms with Gasteiger partial charge in [-0.1, -0.05) is 0 Å². The van der Waals surface area contributed by atoms with Crippen molar-refractivity contribution in [1.29, 1.82) is 0 Å². The van der Waals surface area contributed by atoms with E-state index < -0.39 is 0 Å². The topological polar surface area (TPSA) is 34.0 Å². The Morgan fingerprint density at radius 2 is 2.24 bits per heavy atom. The molecule has 0 radical (unpaired) electrons. The number of hydrogen-bond donors (Lipinski definition) is 0. The Morgan fingerprint density at radius 3 is 3.06 bits per heavy atom. The molecule has 90 valence electrons. The van der Waals surface area contributed by atoms with Crippen LogP contribution in [0.2, 0.25) is 0 Å². The normalized spacial score (nSPS) is 21.7. The molecule has 0 aliphatic carbocycles. The lowest BCUT2D eigenvalue weighted by Gasteiger charge is -2.29. The maximum atomic E-state index is 4.45. The Labute approximate surface area is 101 Å². The molecule has 3 heterocycles. The first kappa shape index (κ1) is 10.7. The summed E-state index contributed by atoms with van der Waals surface area (Å²) in [6, 6.07) is 4.53. The Kier molecular flexibility index (Phi) is 2.59. The van der Waals surface area contributed by atoms with Gasteiger partial charge in [0.05, 0.1) is 12.5 Å². The van der Waals surface area contributed by atoms with Crippen LogP contribution in [0, 0.1) is 0 Å². The molecule has 0 aromatic carbocycles. The smallest absolute Gasteiger partial charge is 0.161 e. The summed E-state index contributed by atoms with van der Waals surface area (Å²) in [5.74, 6) is 0. The van der Waals surface area contributed by atoms with E-state index in [-0.39, 0.29) is 0 Å². The van der Waals surface area contributed by atoms with E-state index in [2.05, 4.69) is 33.3 Å². The third-order valence-corrected chi connectivity index (χ3v) is 3.58. The van der Waals surface area contributed by atoms with Crippen molar-refractivity contribution < 1.29 is 0 Å². The van der Waals surface area contributed by atoms with Gasteiger partial charge in [-0.3, -0.25) is 9.47 Å². The van der Waals surface area contributed by atoms with Crippen molar-refractivity contribution in [2.45, 2.75) is 38.9 Å². The summed E-state index contributed by atoms with van der Waals surface area (Å²) in [4.78, 5) is 11.4. The van der Waals surface area contributed by atoms with Crippen LogP contribution >= 0.6 is 0 Å². The molecule has 0 N–H and O–H groups in total. The molecule has 0 spiro atoms. The minimum atomic E-state index is 0.426. The van der Waals surface area contributed by atoms with E-state index in [9.17, 15) is 0 Å². The monoisotopic (exact) mass is 230 g/mol. The second kappa shape index (κ2) is 4.11. The van der Waals surface area contributed by atoms with E-state index >= 15 is 0 Å². The van der Waals surface area contributed by atoms with Gasteiger partial charge in [0.1, 0.15) is 5.52 Å². The Morgan fingerprint density at radius 1 is 1.35 bits per heavy atom. The number of imidazole rings is 1. The van der Waals surface area contributed by atoms with E-state index in [1.54, 1.807) is 0 Å². The van der Waals surface area contributed by atoms with Gasteiger partial charge in [0.25, 0.3) is 0 Å². The first-order chi connectivity index (χ1) is 8.27. The minimum absolute atomic E-state index is 0.426. The number of nitrogens with zero attached hydrogens (tertiary/aromatic N) is 4. The summed E-state index contributed by atoms with van der Waals surface area (Å²) in [7, 11) is 0. The maximum Gasteiger partial charge on any atom is 0.161 e. The Hall–Kier alpha value is -1.42. The first-order valence-electron chi connectivity index (χ1n) is 6.30. The molecule has 1 aliphatic heterocycles. The van der Waals surface area contributed by atoms with Crippen LogP contribution in [0.1, 0.15) is 32.9 Å². The number of fused-ring (bicyclic) bond motifs is 1. The molecule has 1 unspecified atom stereocenters. The molecular formula is C13H18N4. The average molecular weight is 230 g/mol. The van der Waals surface area contributed by atoms with Gasteiger partial charge in [0.15, 0.2) is 5.65 Å². The van der Waals surface area contributed by atoms with Crippen LogP contribution in [0.15, 0.2) is 24.7 Å². The molecule has 4 nitrogen and oxygen atoms in total. The van der Waals surface area contributed by atoms with Crippen molar-refractivity contribution in [3.8, 4) is 0 Å². The zero-order valence-electron chi connectivity index (χ0n) is 10.4. The fourth-order valence-corrected chi connectivity index (χ4v) is 2.76. The van der Waals surface area contributed by atoms with Crippen molar-refractivity contribution in [3.05, 3.63) is 24.7 Å². The van der Waals surface area contributed by atoms with Crippen LogP contribution in [0.25, 0.3) is 11.2 Å². The summed E-state index contributed by atoms with van der Waals surface area (Å²) in [5.41, 5.74) is 1.99. The molecule has 2 aromatic heterocycles. The highest BCUT2D eigenvalue weighted by molar-refractivity contribution is 5.70. The van der Waals surface area contributed by atoms with Crippen LogP contribution < -0.4 is 0 Å². The first-order valence-corrected chi connectivity index (χ1v) is 6.30. The molecule has 0 saturated carbocycles. The number of pyridine rings is 1. The predicted octanol–water partition coefficient (Wildman–Crippen LogP) is 2.43. The average Bonchev–Trinajstić information content (AvgIpc) is 2.94. The molecule has 2 aromatic rings. The van der Waals surface area contributed by atoms with Crippen molar-refractivity contribution in [2.24, 2.45) is 0 Å². The lowest BCUT2D eigenvalue weighted by molar-refractivity contribution is 0.154. The van der Waals surface area contributed by atoms with E-state index in [0.717, 1.165) is 11.2 Å². The molecule has 4 heteroatoms. The van der Waals surface area contributed by atoms with Crippen LogP contribution in [-0.2, 0) is 0 Å². The van der Waals surface area contributed by atoms with E-state index in [1.165, 1.54) is 19.4 Å². The Bertz CT molecular complexity index is 517. The number of aromatic nitrogens is 3. The standard InChI is InChI=1S/C13H18N4/c1-10(2)16-8-4-6-12(16)17-9-15-11-5-3-7-14-13(11)17/h3,5,7,9-10,12H,4,6,8H2,1-2H3. The SMILES string of the molecule is CC(C)N1CCCC1n1cnc2cccnc21. The van der Waals surface area contributed by atoms with E-state index in [4.69, 9.17) is 0 Å². The molecule has 1 saturated heterocycles. The zero-order valence-corrected chi connectivity index (χ0v) is 10.4. The molecule has 17 heavy (non-hydrogen) atoms. The van der Waals surface area contributed by atoms with E-state index in [0.29, 0.717) is 12.2 Å². The van der Waals surface area contributed by atoms with Crippen LogP contribution in [0.5, 0.6) is 0 Å². The van der Waals surface area contributed by atoms with E-state index in [1.807, 2.05) is 24.7 Å². The summed E-state index contributed by atoms with van der Waals surface area (Å²) in [6.45, 7) is 5.69. The molecule has 3 rings (SSSR count). The molecule has 0 bridgehead atoms. The van der Waals surface area contributed by atoms with Gasteiger partial charge in [-0.05, 0) is 38.8 Å². The third-order valence-electron chi connectivity index (χ3n) is 3.58. The molecule has 1 atom stereocenters. The van der Waals surface area contributed by atoms with Crippen molar-refractivity contribution in [1.82, 2.24) is 19.4 Å². The maximum absolute atomic E-state index is 4.45. The van der Waals surface area contributed by atoms with Crippen molar-refractivity contribution >= 4 is 11.2 Å². The highest BCUT2D eigenvalue weighted by Gasteiger charge is 2.28. The van der Waals surface area contributed by atoms with Crippen LogP contribution in [0.4, 0.5) is 0 Å². The van der Waals surface area contributed by atoms with Gasteiger partial charge in [0.2, 0.25) is 0 Å². The third kappa shape index (κ3) is 1.72. The van der Waals surface area contributed by atoms with Gasteiger partial charge >= 0.3 is 0 Å². The fourth-order valence-electron chi connectivity index (χ4n) is 2.76. The molecule has 1 aliphatic rings. The highest BCUT2D eigenvalue weighted by Crippen LogP contribution is 2.30. The second-order valence-corrected chi connectivity index (χ2v) is 4.95. The highest BCUT2D eigenvalue weighted by atomic mass is 15.3. The largest absolute Gasteiger partial charge is 0.299 e. The lowest BCUT2D eigenvalue weighted by Crippen LogP contribution is -2.33. The number of hydrogen-bond acceptors (Lipinski definition) is 3. The lowest BCUT2D eigenvalue weighted by atomic mass is 10.3. The van der Waals surface area contributed by atoms with Crippen LogP contribution in [-0.4, -0.2) is 32.0 Å². The fraction of sp³-hybridized carbons (Fsp3) is 0.538. The minimum Gasteiger partial charge on any atom is -0.299 e. The van der Waals surface area contributed by atoms with Crippen molar-refractivity contribution in [3.63, 3.8) is 0 Å². The van der Waals surface area contributed by atoms with Crippen LogP contribution in [0.3, 0.4) is 0 Å². The number of likely N-dealkylation sites (tertiary alicyclic amines) is 1. The van der Waals surface area contributed by atoms with Gasteiger partial charge < -0.3 is 0 Å². The second-order valence-electron chi connectivity index (χ2n) is 4.95.